The van der Waals surface area contributed by atoms with Gasteiger partial charge >= 0.3 is 0 Å². The Morgan fingerprint density at radius 2 is 1.50 bits per heavy atom. The van der Waals surface area contributed by atoms with Crippen molar-refractivity contribution in [1.82, 2.24) is 0 Å². The molecule has 0 bridgehead atoms. The molecule has 2 heterocycles. The van der Waals surface area contributed by atoms with Gasteiger partial charge in [0.05, 0.1) is 49.7 Å². The number of anilines is 5. The van der Waals surface area contributed by atoms with Gasteiger partial charge in [-0.15, -0.1) is 0 Å². The van der Waals surface area contributed by atoms with Crippen LogP contribution in [-0.4, -0.2) is 31.1 Å². The third kappa shape index (κ3) is 5.21. The van der Waals surface area contributed by atoms with Gasteiger partial charge in [-0.05, 0) is 37.5 Å². The molecule has 1 atom stereocenters. The van der Waals surface area contributed by atoms with E-state index in [0.29, 0.717) is 28.0 Å². The highest BCUT2D eigenvalue weighted by Crippen LogP contribution is 2.36. The number of hydrogen-bond acceptors (Lipinski definition) is 8. The lowest BCUT2D eigenvalue weighted by molar-refractivity contribution is -0.383. The number of rotatable bonds is 3. The highest BCUT2D eigenvalue weighted by Gasteiger charge is 2.24. The number of nitro benzene ring substituents is 1. The maximum Gasteiger partial charge on any atom is 0.293 e. The number of hydrogen-bond donors (Lipinski definition) is 3. The fourth-order valence-corrected chi connectivity index (χ4v) is 4.42. The summed E-state index contributed by atoms with van der Waals surface area (Å²) < 4.78 is 0. The Labute approximate surface area is 196 Å². The molecule has 2 aliphatic rings. The van der Waals surface area contributed by atoms with E-state index in [1.54, 1.807) is 18.2 Å². The first-order chi connectivity index (χ1) is 15.2. The summed E-state index contributed by atoms with van der Waals surface area (Å²) in [4.78, 5) is 14.3. The second-order valence-electron chi connectivity index (χ2n) is 7.81. The minimum atomic E-state index is -0.519. The lowest BCUT2D eigenvalue weighted by Crippen LogP contribution is -2.20. The predicted molar refractivity (Wildman–Crippen MR) is 130 cm³/mol. The third-order valence-electron chi connectivity index (χ3n) is 5.60. The second kappa shape index (κ2) is 10.0. The lowest BCUT2D eigenvalue weighted by Gasteiger charge is -2.20. The molecule has 1 unspecified atom stereocenters. The fourth-order valence-electron chi connectivity index (χ4n) is 3.85. The van der Waals surface area contributed by atoms with Crippen molar-refractivity contribution in [3.63, 3.8) is 0 Å². The Bertz CT molecular complexity index is 1050. The Morgan fingerprint density at radius 1 is 0.938 bits per heavy atom. The zero-order chi connectivity index (χ0) is 23.4. The molecule has 2 aromatic carbocycles. The minimum absolute atomic E-state index is 0.0786. The molecule has 11 heteroatoms. The SMILES string of the molecule is N#CC1CCN(c2cc(N)c(N)cc2Cl)C1.Nc1cc(N2CCCC2)c(Cl)cc1[N+](=O)[O-]. The van der Waals surface area contributed by atoms with Crippen LogP contribution >= 0.6 is 23.2 Å². The standard InChI is InChI=1S/C11H13ClN4.C10H12ClN3O2/c12-8-3-9(14)10(15)4-11(8)16-2-1-7(5-13)6-16;11-7-5-10(14(15)16)8(12)6-9(7)13-3-1-2-4-13/h3-4,7H,1-2,6,14-15H2;5-6H,1-4,12H2. The van der Waals surface area contributed by atoms with Gasteiger partial charge < -0.3 is 27.0 Å². The molecule has 9 nitrogen and oxygen atoms in total. The van der Waals surface area contributed by atoms with Crippen molar-refractivity contribution in [3.8, 4) is 6.07 Å². The maximum absolute atomic E-state index is 10.7. The van der Waals surface area contributed by atoms with Crippen LogP contribution in [0.2, 0.25) is 10.0 Å². The molecule has 2 aliphatic heterocycles. The van der Waals surface area contributed by atoms with Crippen LogP contribution in [0.1, 0.15) is 19.3 Å². The number of halogens is 2. The van der Waals surface area contributed by atoms with Crippen LogP contribution in [0.25, 0.3) is 0 Å². The van der Waals surface area contributed by atoms with Crippen LogP contribution in [0.4, 0.5) is 34.1 Å². The normalized spacial score (nSPS) is 17.6. The van der Waals surface area contributed by atoms with Crippen LogP contribution < -0.4 is 27.0 Å². The third-order valence-corrected chi connectivity index (χ3v) is 6.21. The molecule has 0 amide bonds. The first kappa shape index (κ1) is 23.6. The quantitative estimate of drug-likeness (QED) is 0.336. The van der Waals surface area contributed by atoms with E-state index in [2.05, 4.69) is 15.9 Å². The highest BCUT2D eigenvalue weighted by atomic mass is 35.5. The van der Waals surface area contributed by atoms with E-state index >= 15 is 0 Å². The van der Waals surface area contributed by atoms with Crippen LogP contribution in [0.15, 0.2) is 24.3 Å². The number of nitrogens with zero attached hydrogens (tertiary/aromatic N) is 4. The smallest absolute Gasteiger partial charge is 0.293 e. The molecular formula is C21H25Cl2N7O2. The number of nitrogen functional groups attached to an aromatic ring is 3. The molecule has 2 aromatic rings. The topological polar surface area (TPSA) is 151 Å². The summed E-state index contributed by atoms with van der Waals surface area (Å²) in [5.41, 5.74) is 19.8. The summed E-state index contributed by atoms with van der Waals surface area (Å²) >= 11 is 12.1. The average molecular weight is 478 g/mol. The molecule has 170 valence electrons. The summed E-state index contributed by atoms with van der Waals surface area (Å²) in [6.07, 6.45) is 3.11. The molecule has 4 rings (SSSR count). The number of nitriles is 1. The Kier molecular flexibility index (Phi) is 7.38. The van der Waals surface area contributed by atoms with E-state index in [0.717, 1.165) is 50.3 Å². The molecule has 6 N–H and O–H groups in total. The van der Waals surface area contributed by atoms with Crippen molar-refractivity contribution in [2.24, 2.45) is 5.92 Å². The van der Waals surface area contributed by atoms with Crippen molar-refractivity contribution in [2.45, 2.75) is 19.3 Å². The van der Waals surface area contributed by atoms with Gasteiger partial charge in [0.25, 0.3) is 5.69 Å². The molecule has 32 heavy (non-hydrogen) atoms. The highest BCUT2D eigenvalue weighted by molar-refractivity contribution is 6.34. The zero-order valence-corrected chi connectivity index (χ0v) is 18.9. The van der Waals surface area contributed by atoms with Crippen molar-refractivity contribution in [1.29, 1.82) is 5.26 Å². The summed E-state index contributed by atoms with van der Waals surface area (Å²) in [6, 6.07) is 8.62. The van der Waals surface area contributed by atoms with Gasteiger partial charge in [0.1, 0.15) is 5.69 Å². The van der Waals surface area contributed by atoms with Crippen LogP contribution in [0.5, 0.6) is 0 Å². The van der Waals surface area contributed by atoms with E-state index in [-0.39, 0.29) is 17.3 Å². The fraction of sp³-hybridized carbons (Fsp3) is 0.381. The van der Waals surface area contributed by atoms with Gasteiger partial charge in [0.2, 0.25) is 0 Å². The van der Waals surface area contributed by atoms with Gasteiger partial charge in [-0.25, -0.2) is 0 Å². The first-order valence-corrected chi connectivity index (χ1v) is 10.9. The van der Waals surface area contributed by atoms with Crippen LogP contribution in [0.3, 0.4) is 0 Å². The Hall–Kier alpha value is -3.09. The van der Waals surface area contributed by atoms with E-state index in [9.17, 15) is 10.1 Å². The van der Waals surface area contributed by atoms with Crippen molar-refractivity contribution < 1.29 is 4.92 Å². The Balaban J connectivity index is 0.000000181. The van der Waals surface area contributed by atoms with E-state index in [1.807, 2.05) is 0 Å². The van der Waals surface area contributed by atoms with Gasteiger partial charge in [-0.2, -0.15) is 5.26 Å². The molecule has 2 saturated heterocycles. The van der Waals surface area contributed by atoms with E-state index < -0.39 is 4.92 Å². The molecule has 0 aliphatic carbocycles. The summed E-state index contributed by atoms with van der Waals surface area (Å²) in [6.45, 7) is 3.40. The zero-order valence-electron chi connectivity index (χ0n) is 17.4. The monoisotopic (exact) mass is 477 g/mol. The summed E-state index contributed by atoms with van der Waals surface area (Å²) in [5, 5.41) is 20.5. The molecular weight excluding hydrogens is 453 g/mol. The maximum atomic E-state index is 10.7. The average Bonchev–Trinajstić information content (AvgIpc) is 3.44. The number of nitro groups is 1. The minimum Gasteiger partial charge on any atom is -0.397 e. The van der Waals surface area contributed by atoms with Gasteiger partial charge in [-0.1, -0.05) is 23.2 Å². The predicted octanol–water partition coefficient (Wildman–Crippen LogP) is 4.28. The molecule has 0 aromatic heterocycles. The molecule has 2 fully saturated rings. The largest absolute Gasteiger partial charge is 0.397 e. The van der Waals surface area contributed by atoms with Crippen molar-refractivity contribution in [3.05, 3.63) is 44.4 Å². The van der Waals surface area contributed by atoms with Crippen LogP contribution in [-0.2, 0) is 0 Å². The summed E-state index contributed by atoms with van der Waals surface area (Å²) in [5.74, 6) is 0.0786. The van der Waals surface area contributed by atoms with Crippen molar-refractivity contribution >= 4 is 57.3 Å². The van der Waals surface area contributed by atoms with E-state index in [4.69, 9.17) is 45.7 Å². The van der Waals surface area contributed by atoms with Gasteiger partial charge in [0, 0.05) is 32.2 Å². The Morgan fingerprint density at radius 3 is 2.09 bits per heavy atom. The molecule has 0 radical (unpaired) electrons. The van der Waals surface area contributed by atoms with E-state index in [1.165, 1.54) is 6.07 Å². The van der Waals surface area contributed by atoms with Crippen molar-refractivity contribution in [2.75, 3.05) is 53.2 Å². The second-order valence-corrected chi connectivity index (χ2v) is 8.62. The summed E-state index contributed by atoms with van der Waals surface area (Å²) in [7, 11) is 0. The van der Waals surface area contributed by atoms with Gasteiger partial charge in [-0.3, -0.25) is 10.1 Å². The number of benzene rings is 2. The lowest BCUT2D eigenvalue weighted by atomic mass is 10.1. The van der Waals surface area contributed by atoms with Crippen LogP contribution in [0, 0.1) is 27.4 Å². The molecule has 0 saturated carbocycles. The van der Waals surface area contributed by atoms with Gasteiger partial charge in [0.15, 0.2) is 0 Å². The molecule has 0 spiro atoms. The first-order valence-electron chi connectivity index (χ1n) is 10.2. The number of nitrogens with two attached hydrogens (primary N) is 3.